The molecule has 0 bridgehead atoms. The maximum absolute atomic E-state index is 9.29. The highest BCUT2D eigenvalue weighted by molar-refractivity contribution is 5.86. The molecule has 0 radical (unpaired) electrons. The summed E-state index contributed by atoms with van der Waals surface area (Å²) in [7, 11) is 0. The Balaban J connectivity index is 2.82. The molecule has 1 heterocycles. The molecule has 0 saturated carbocycles. The smallest absolute Gasteiger partial charge is 0.140 e. The van der Waals surface area contributed by atoms with Crippen molar-refractivity contribution in [2.45, 2.75) is 0 Å². The van der Waals surface area contributed by atoms with Crippen LogP contribution in [0.1, 0.15) is 5.56 Å². The molecule has 1 aromatic heterocycles. The van der Waals surface area contributed by atoms with Gasteiger partial charge in [0.1, 0.15) is 5.75 Å². The number of aromatic nitrogens is 1. The van der Waals surface area contributed by atoms with Gasteiger partial charge in [-0.25, -0.2) is 0 Å². The highest BCUT2D eigenvalue weighted by atomic mass is 16.3. The average molecular weight is 158 g/mol. The van der Waals surface area contributed by atoms with Gasteiger partial charge in [0.05, 0.1) is 11.6 Å². The van der Waals surface area contributed by atoms with Gasteiger partial charge < -0.3 is 10.1 Å². The fraction of sp³-hybridized carbons (Fsp3) is 0. The van der Waals surface area contributed by atoms with Crippen molar-refractivity contribution in [3.05, 3.63) is 30.0 Å². The van der Waals surface area contributed by atoms with Crippen LogP contribution < -0.4 is 0 Å². The van der Waals surface area contributed by atoms with Crippen LogP contribution in [0.15, 0.2) is 24.4 Å². The van der Waals surface area contributed by atoms with E-state index < -0.39 is 0 Å². The molecule has 0 fully saturated rings. The minimum absolute atomic E-state index is 0.183. The minimum atomic E-state index is 0.183. The lowest BCUT2D eigenvalue weighted by Crippen LogP contribution is -1.72. The van der Waals surface area contributed by atoms with Gasteiger partial charge in [0.2, 0.25) is 0 Å². The quantitative estimate of drug-likeness (QED) is 0.613. The van der Waals surface area contributed by atoms with Gasteiger partial charge in [-0.2, -0.15) is 5.26 Å². The molecule has 0 aliphatic rings. The van der Waals surface area contributed by atoms with E-state index in [1.165, 1.54) is 6.20 Å². The Morgan fingerprint density at radius 1 is 1.42 bits per heavy atom. The van der Waals surface area contributed by atoms with Gasteiger partial charge in [0.25, 0.3) is 0 Å². The summed E-state index contributed by atoms with van der Waals surface area (Å²) in [6.07, 6.45) is 1.51. The summed E-state index contributed by atoms with van der Waals surface area (Å²) in [5.41, 5.74) is 1.39. The van der Waals surface area contributed by atoms with E-state index in [-0.39, 0.29) is 5.75 Å². The molecule has 12 heavy (non-hydrogen) atoms. The van der Waals surface area contributed by atoms with Crippen LogP contribution in [0.4, 0.5) is 0 Å². The normalized spacial score (nSPS) is 9.92. The van der Waals surface area contributed by atoms with E-state index in [0.29, 0.717) is 10.9 Å². The largest absolute Gasteiger partial charge is 0.506 e. The fourth-order valence-corrected chi connectivity index (χ4v) is 1.18. The third-order valence-corrected chi connectivity index (χ3v) is 1.79. The summed E-state index contributed by atoms with van der Waals surface area (Å²) in [5, 5.41) is 18.6. The van der Waals surface area contributed by atoms with Gasteiger partial charge in [-0.3, -0.25) is 0 Å². The fourth-order valence-electron chi connectivity index (χ4n) is 1.18. The predicted octanol–water partition coefficient (Wildman–Crippen LogP) is 1.75. The van der Waals surface area contributed by atoms with Gasteiger partial charge in [0.15, 0.2) is 0 Å². The summed E-state index contributed by atoms with van der Waals surface area (Å²) in [4.78, 5) is 2.88. The predicted molar refractivity (Wildman–Crippen MR) is 44.7 cm³/mol. The number of hydrogen-bond donors (Lipinski definition) is 2. The number of hydrogen-bond acceptors (Lipinski definition) is 2. The summed E-state index contributed by atoms with van der Waals surface area (Å²) < 4.78 is 0. The third kappa shape index (κ3) is 0.823. The van der Waals surface area contributed by atoms with Gasteiger partial charge >= 0.3 is 0 Å². The molecule has 3 nitrogen and oxygen atoms in total. The van der Waals surface area contributed by atoms with E-state index in [1.807, 2.05) is 6.07 Å². The van der Waals surface area contributed by atoms with Crippen molar-refractivity contribution in [2.75, 3.05) is 0 Å². The van der Waals surface area contributed by atoms with E-state index in [0.717, 1.165) is 5.52 Å². The SMILES string of the molecule is N#Cc1ccc2[nH]cc(O)c2c1. The van der Waals surface area contributed by atoms with Gasteiger partial charge in [-0.1, -0.05) is 0 Å². The number of benzene rings is 1. The molecule has 0 amide bonds. The van der Waals surface area contributed by atoms with E-state index in [4.69, 9.17) is 5.26 Å². The second kappa shape index (κ2) is 2.28. The molecule has 0 aliphatic carbocycles. The number of rotatable bonds is 0. The molecular weight excluding hydrogens is 152 g/mol. The molecular formula is C9H6N2O. The van der Waals surface area contributed by atoms with Crippen LogP contribution in [-0.2, 0) is 0 Å². The zero-order valence-corrected chi connectivity index (χ0v) is 6.20. The Bertz CT molecular complexity index is 465. The summed E-state index contributed by atoms with van der Waals surface area (Å²) in [6, 6.07) is 7.14. The van der Waals surface area contributed by atoms with Crippen molar-refractivity contribution in [2.24, 2.45) is 0 Å². The number of H-pyrrole nitrogens is 1. The van der Waals surface area contributed by atoms with E-state index in [9.17, 15) is 5.11 Å². The van der Waals surface area contributed by atoms with Crippen LogP contribution in [0.5, 0.6) is 5.75 Å². The van der Waals surface area contributed by atoms with Gasteiger partial charge in [-0.05, 0) is 18.2 Å². The molecule has 58 valence electrons. The van der Waals surface area contributed by atoms with Crippen molar-refractivity contribution in [3.63, 3.8) is 0 Å². The Morgan fingerprint density at radius 2 is 2.25 bits per heavy atom. The van der Waals surface area contributed by atoms with Crippen LogP contribution in [-0.4, -0.2) is 10.1 Å². The number of nitrogens with one attached hydrogen (secondary N) is 1. The molecule has 2 aromatic rings. The Labute approximate surface area is 68.9 Å². The first kappa shape index (κ1) is 6.74. The summed E-state index contributed by atoms with van der Waals surface area (Å²) in [6.45, 7) is 0. The minimum Gasteiger partial charge on any atom is -0.506 e. The van der Waals surface area contributed by atoms with Crippen molar-refractivity contribution in [1.82, 2.24) is 4.98 Å². The molecule has 0 spiro atoms. The molecule has 0 atom stereocenters. The number of nitrogens with zero attached hydrogens (tertiary/aromatic N) is 1. The van der Waals surface area contributed by atoms with Crippen LogP contribution in [0, 0.1) is 11.3 Å². The molecule has 2 N–H and O–H groups in total. The Morgan fingerprint density at radius 3 is 3.00 bits per heavy atom. The Hall–Kier alpha value is -1.95. The first-order valence-corrected chi connectivity index (χ1v) is 3.51. The maximum Gasteiger partial charge on any atom is 0.140 e. The summed E-state index contributed by atoms with van der Waals surface area (Å²) >= 11 is 0. The molecule has 0 unspecified atom stereocenters. The van der Waals surface area contributed by atoms with Gasteiger partial charge in [-0.15, -0.1) is 0 Å². The van der Waals surface area contributed by atoms with Crippen molar-refractivity contribution < 1.29 is 5.11 Å². The summed E-state index contributed by atoms with van der Waals surface area (Å²) in [5.74, 6) is 0.183. The molecule has 3 heteroatoms. The standard InChI is InChI=1S/C9H6N2O/c10-4-6-1-2-8-7(3-6)9(12)5-11-8/h1-3,5,11-12H. The topological polar surface area (TPSA) is 59.8 Å². The van der Waals surface area contributed by atoms with E-state index in [2.05, 4.69) is 4.98 Å². The van der Waals surface area contributed by atoms with E-state index >= 15 is 0 Å². The number of fused-ring (bicyclic) bond motifs is 1. The highest BCUT2D eigenvalue weighted by Gasteiger charge is 2.01. The van der Waals surface area contributed by atoms with Crippen LogP contribution in [0.25, 0.3) is 10.9 Å². The molecule has 0 aliphatic heterocycles. The maximum atomic E-state index is 9.29. The molecule has 0 saturated heterocycles. The zero-order chi connectivity index (χ0) is 8.55. The van der Waals surface area contributed by atoms with Crippen LogP contribution >= 0.6 is 0 Å². The monoisotopic (exact) mass is 158 g/mol. The van der Waals surface area contributed by atoms with Gasteiger partial charge in [0, 0.05) is 17.1 Å². The lowest BCUT2D eigenvalue weighted by atomic mass is 10.2. The highest BCUT2D eigenvalue weighted by Crippen LogP contribution is 2.24. The molecule has 2 rings (SSSR count). The second-order valence-electron chi connectivity index (χ2n) is 2.55. The number of aromatic hydroxyl groups is 1. The zero-order valence-electron chi connectivity index (χ0n) is 6.20. The number of aromatic amines is 1. The van der Waals surface area contributed by atoms with Crippen molar-refractivity contribution in [1.29, 1.82) is 5.26 Å². The van der Waals surface area contributed by atoms with E-state index in [1.54, 1.807) is 18.2 Å². The lowest BCUT2D eigenvalue weighted by molar-refractivity contribution is 0.481. The van der Waals surface area contributed by atoms with Crippen molar-refractivity contribution in [3.8, 4) is 11.8 Å². The lowest BCUT2D eigenvalue weighted by Gasteiger charge is -1.90. The number of nitriles is 1. The Kier molecular flexibility index (Phi) is 1.28. The first-order valence-electron chi connectivity index (χ1n) is 3.51. The van der Waals surface area contributed by atoms with Crippen LogP contribution in [0.3, 0.4) is 0 Å². The third-order valence-electron chi connectivity index (χ3n) is 1.79. The average Bonchev–Trinajstić information content (AvgIpc) is 2.47. The second-order valence-corrected chi connectivity index (χ2v) is 2.55. The first-order chi connectivity index (χ1) is 5.81. The van der Waals surface area contributed by atoms with Crippen LogP contribution in [0.2, 0.25) is 0 Å². The van der Waals surface area contributed by atoms with Crippen molar-refractivity contribution >= 4 is 10.9 Å². The molecule has 1 aromatic carbocycles.